The minimum Gasteiger partial charge on any atom is -0.465 e. The molecule has 18 heavy (non-hydrogen) atoms. The van der Waals surface area contributed by atoms with Crippen LogP contribution in [0.15, 0.2) is 10.5 Å². The molecule has 104 valence electrons. The lowest BCUT2D eigenvalue weighted by molar-refractivity contribution is 0.158. The molecule has 1 rings (SSSR count). The fraction of sp³-hybridized carbons (Fsp3) is 0.714. The molecule has 0 aromatic carbocycles. The zero-order valence-corrected chi connectivity index (χ0v) is 12.1. The van der Waals surface area contributed by atoms with Crippen LogP contribution in [0.4, 0.5) is 0 Å². The Bertz CT molecular complexity index is 337. The molecular formula is C14H26N2O2. The highest BCUT2D eigenvalue weighted by Crippen LogP contribution is 2.16. The van der Waals surface area contributed by atoms with Crippen LogP contribution in [0.5, 0.6) is 0 Å². The van der Waals surface area contributed by atoms with Crippen molar-refractivity contribution in [2.75, 3.05) is 33.9 Å². The summed E-state index contributed by atoms with van der Waals surface area (Å²) in [7, 11) is 3.83. The topological polar surface area (TPSA) is 37.6 Å². The Kier molecular flexibility index (Phi) is 7.01. The van der Waals surface area contributed by atoms with Crippen LogP contribution >= 0.6 is 0 Å². The third-order valence-corrected chi connectivity index (χ3v) is 2.92. The summed E-state index contributed by atoms with van der Waals surface area (Å²) >= 11 is 0. The number of nitrogens with zero attached hydrogens (tertiary/aromatic N) is 1. The number of furan rings is 1. The lowest BCUT2D eigenvalue weighted by Crippen LogP contribution is -2.22. The van der Waals surface area contributed by atoms with Crippen LogP contribution in [-0.4, -0.2) is 38.8 Å². The smallest absolute Gasteiger partial charge is 0.118 e. The number of nitrogens with one attached hydrogen (secondary N) is 1. The summed E-state index contributed by atoms with van der Waals surface area (Å²) in [6.45, 7) is 8.65. The van der Waals surface area contributed by atoms with E-state index in [0.717, 1.165) is 50.7 Å². The highest BCUT2D eigenvalue weighted by atomic mass is 16.5. The number of aryl methyl sites for hydroxylation is 1. The summed E-state index contributed by atoms with van der Waals surface area (Å²) in [5.41, 5.74) is 1.27. The van der Waals surface area contributed by atoms with E-state index < -0.39 is 0 Å². The van der Waals surface area contributed by atoms with Crippen molar-refractivity contribution in [3.63, 3.8) is 0 Å². The minimum atomic E-state index is 0.762. The normalized spacial score (nSPS) is 11.4. The molecule has 1 aromatic heterocycles. The Morgan fingerprint density at radius 2 is 2.22 bits per heavy atom. The van der Waals surface area contributed by atoms with Crippen molar-refractivity contribution < 1.29 is 9.15 Å². The molecule has 4 heteroatoms. The summed E-state index contributed by atoms with van der Waals surface area (Å²) in [5.74, 6) is 2.05. The molecule has 1 N–H and O–H groups in total. The number of ether oxygens (including phenoxy) is 1. The van der Waals surface area contributed by atoms with Gasteiger partial charge in [-0.05, 0) is 33.0 Å². The van der Waals surface area contributed by atoms with Crippen molar-refractivity contribution in [2.45, 2.75) is 33.4 Å². The third kappa shape index (κ3) is 5.21. The van der Waals surface area contributed by atoms with Crippen LogP contribution in [0.25, 0.3) is 0 Å². The molecule has 0 atom stereocenters. The quantitative estimate of drug-likeness (QED) is 0.685. The molecule has 0 amide bonds. The van der Waals surface area contributed by atoms with E-state index in [1.54, 1.807) is 7.11 Å². The number of likely N-dealkylation sites (N-methyl/N-ethyl adjacent to an activating group) is 1. The molecular weight excluding hydrogens is 228 g/mol. The summed E-state index contributed by atoms with van der Waals surface area (Å²) in [5, 5.41) is 3.35. The summed E-state index contributed by atoms with van der Waals surface area (Å²) < 4.78 is 10.8. The zero-order chi connectivity index (χ0) is 13.4. The van der Waals surface area contributed by atoms with E-state index >= 15 is 0 Å². The Hall–Kier alpha value is -0.840. The molecule has 0 aliphatic rings. The molecule has 0 saturated heterocycles. The first-order valence-electron chi connectivity index (χ1n) is 6.63. The van der Waals surface area contributed by atoms with E-state index in [4.69, 9.17) is 9.15 Å². The van der Waals surface area contributed by atoms with Crippen LogP contribution in [0.3, 0.4) is 0 Å². The standard InChI is InChI=1S/C14H26N2O2/c1-5-6-15-10-14-9-13(12(2)18-14)11-16(3)7-8-17-4/h9,15H,5-8,10-11H2,1-4H3. The molecule has 0 unspecified atom stereocenters. The van der Waals surface area contributed by atoms with Crippen molar-refractivity contribution in [3.8, 4) is 0 Å². The Morgan fingerprint density at radius 1 is 1.44 bits per heavy atom. The van der Waals surface area contributed by atoms with Gasteiger partial charge in [-0.15, -0.1) is 0 Å². The second-order valence-electron chi connectivity index (χ2n) is 4.70. The van der Waals surface area contributed by atoms with Crippen molar-refractivity contribution in [3.05, 3.63) is 23.2 Å². The molecule has 1 aromatic rings. The van der Waals surface area contributed by atoms with Crippen molar-refractivity contribution in [2.24, 2.45) is 0 Å². The van der Waals surface area contributed by atoms with Gasteiger partial charge in [0.25, 0.3) is 0 Å². The summed E-state index contributed by atoms with van der Waals surface area (Å²) in [6.07, 6.45) is 1.15. The van der Waals surface area contributed by atoms with Gasteiger partial charge in [0.15, 0.2) is 0 Å². The van der Waals surface area contributed by atoms with Crippen LogP contribution in [0.2, 0.25) is 0 Å². The molecule has 1 heterocycles. The van der Waals surface area contributed by atoms with Crippen LogP contribution < -0.4 is 5.32 Å². The van der Waals surface area contributed by atoms with Crippen molar-refractivity contribution in [1.82, 2.24) is 10.2 Å². The zero-order valence-electron chi connectivity index (χ0n) is 12.1. The number of rotatable bonds is 9. The first-order chi connectivity index (χ1) is 8.67. The monoisotopic (exact) mass is 254 g/mol. The van der Waals surface area contributed by atoms with Crippen LogP contribution in [0, 0.1) is 6.92 Å². The molecule has 0 radical (unpaired) electrons. The van der Waals surface area contributed by atoms with Crippen LogP contribution in [0.1, 0.15) is 30.4 Å². The Balaban J connectivity index is 2.45. The van der Waals surface area contributed by atoms with Gasteiger partial charge in [0, 0.05) is 25.8 Å². The average molecular weight is 254 g/mol. The van der Waals surface area contributed by atoms with Crippen molar-refractivity contribution in [1.29, 1.82) is 0 Å². The van der Waals surface area contributed by atoms with E-state index in [0.29, 0.717) is 0 Å². The average Bonchev–Trinajstić information content (AvgIpc) is 2.68. The summed E-state index contributed by atoms with van der Waals surface area (Å²) in [4.78, 5) is 2.24. The third-order valence-electron chi connectivity index (χ3n) is 2.92. The fourth-order valence-corrected chi connectivity index (χ4v) is 1.84. The predicted octanol–water partition coefficient (Wildman–Crippen LogP) is 2.17. The van der Waals surface area contributed by atoms with E-state index in [1.165, 1.54) is 5.56 Å². The highest BCUT2D eigenvalue weighted by Gasteiger charge is 2.09. The molecule has 0 saturated carbocycles. The van der Waals surface area contributed by atoms with Gasteiger partial charge < -0.3 is 14.5 Å². The second-order valence-corrected chi connectivity index (χ2v) is 4.70. The predicted molar refractivity (Wildman–Crippen MR) is 73.7 cm³/mol. The van der Waals surface area contributed by atoms with E-state index in [1.807, 2.05) is 6.92 Å². The van der Waals surface area contributed by atoms with Gasteiger partial charge in [0.1, 0.15) is 11.5 Å². The number of hydrogen-bond donors (Lipinski definition) is 1. The molecule has 4 nitrogen and oxygen atoms in total. The van der Waals surface area contributed by atoms with E-state index in [2.05, 4.69) is 30.3 Å². The maximum Gasteiger partial charge on any atom is 0.118 e. The summed E-state index contributed by atoms with van der Waals surface area (Å²) in [6, 6.07) is 2.15. The van der Waals surface area contributed by atoms with Gasteiger partial charge in [-0.1, -0.05) is 6.92 Å². The largest absolute Gasteiger partial charge is 0.465 e. The van der Waals surface area contributed by atoms with Crippen LogP contribution in [-0.2, 0) is 17.8 Å². The maximum absolute atomic E-state index is 5.75. The van der Waals surface area contributed by atoms with E-state index in [9.17, 15) is 0 Å². The molecule has 0 aliphatic heterocycles. The number of methoxy groups -OCH3 is 1. The highest BCUT2D eigenvalue weighted by molar-refractivity contribution is 5.20. The molecule has 0 bridgehead atoms. The van der Waals surface area contributed by atoms with Gasteiger partial charge in [0.2, 0.25) is 0 Å². The van der Waals surface area contributed by atoms with E-state index in [-0.39, 0.29) is 0 Å². The number of hydrogen-bond acceptors (Lipinski definition) is 4. The Labute approximate surface area is 110 Å². The van der Waals surface area contributed by atoms with Gasteiger partial charge in [-0.3, -0.25) is 4.90 Å². The fourth-order valence-electron chi connectivity index (χ4n) is 1.84. The van der Waals surface area contributed by atoms with Gasteiger partial charge in [0.05, 0.1) is 13.2 Å². The maximum atomic E-state index is 5.75. The first kappa shape index (κ1) is 15.2. The van der Waals surface area contributed by atoms with Gasteiger partial charge in [-0.2, -0.15) is 0 Å². The lowest BCUT2D eigenvalue weighted by atomic mass is 10.2. The van der Waals surface area contributed by atoms with Gasteiger partial charge >= 0.3 is 0 Å². The Morgan fingerprint density at radius 3 is 2.89 bits per heavy atom. The minimum absolute atomic E-state index is 0.762. The molecule has 0 spiro atoms. The molecule has 0 aliphatic carbocycles. The lowest BCUT2D eigenvalue weighted by Gasteiger charge is -2.14. The molecule has 0 fully saturated rings. The SMILES string of the molecule is CCCNCc1cc(CN(C)CCOC)c(C)o1. The first-order valence-corrected chi connectivity index (χ1v) is 6.63. The second kappa shape index (κ2) is 8.29. The van der Waals surface area contributed by atoms with Gasteiger partial charge in [-0.25, -0.2) is 0 Å². The van der Waals surface area contributed by atoms with Crippen molar-refractivity contribution >= 4 is 0 Å².